The second-order valence-corrected chi connectivity index (χ2v) is 6.59. The molecule has 0 atom stereocenters. The molecule has 0 aliphatic carbocycles. The van der Waals surface area contributed by atoms with Crippen molar-refractivity contribution in [1.29, 1.82) is 0 Å². The average molecular weight is 418 g/mol. The second-order valence-electron chi connectivity index (χ2n) is 5.74. The summed E-state index contributed by atoms with van der Waals surface area (Å²) in [5.74, 6) is -0.0332. The molecule has 26 heavy (non-hydrogen) atoms. The number of hydrogen-bond donors (Lipinski definition) is 1. The molecule has 3 aromatic rings. The van der Waals surface area contributed by atoms with E-state index in [9.17, 15) is 9.18 Å². The first-order valence-electron chi connectivity index (χ1n) is 7.91. The minimum Gasteiger partial charge on any atom is -0.494 e. The molecule has 5 nitrogen and oxygen atoms in total. The lowest BCUT2D eigenvalue weighted by atomic mass is 10.2. The van der Waals surface area contributed by atoms with Crippen molar-refractivity contribution in [3.05, 3.63) is 75.8 Å². The molecular formula is C19H17BrFN3O2. The van der Waals surface area contributed by atoms with Crippen molar-refractivity contribution in [2.75, 3.05) is 7.11 Å². The van der Waals surface area contributed by atoms with Crippen molar-refractivity contribution in [2.24, 2.45) is 0 Å². The summed E-state index contributed by atoms with van der Waals surface area (Å²) in [5.41, 5.74) is 2.72. The van der Waals surface area contributed by atoms with Crippen LogP contribution in [0.1, 0.15) is 21.6 Å². The summed E-state index contributed by atoms with van der Waals surface area (Å²) >= 11 is 3.34. The first-order valence-corrected chi connectivity index (χ1v) is 8.70. The van der Waals surface area contributed by atoms with Gasteiger partial charge in [0, 0.05) is 17.2 Å². The third-order valence-corrected chi connectivity index (χ3v) is 4.62. The zero-order valence-corrected chi connectivity index (χ0v) is 15.9. The number of aryl methyl sites for hydroxylation is 1. The fraction of sp³-hybridized carbons (Fsp3) is 0.158. The Kier molecular flexibility index (Phi) is 5.37. The fourth-order valence-electron chi connectivity index (χ4n) is 2.50. The first kappa shape index (κ1) is 18.1. The summed E-state index contributed by atoms with van der Waals surface area (Å²) in [5, 5.41) is 7.07. The standard InChI is InChI=1S/C19H17BrFN3O2/c1-12-3-6-18(26-2)17(9-12)24-8-7-16(23-24)19(25)22-11-13-10-14(21)4-5-15(13)20/h3-10H,11H2,1-2H3,(H,22,25). The maximum Gasteiger partial charge on any atom is 0.272 e. The van der Waals surface area contributed by atoms with Gasteiger partial charge in [-0.3, -0.25) is 4.79 Å². The molecule has 2 aromatic carbocycles. The number of carbonyl (C=O) groups excluding carboxylic acids is 1. The molecule has 1 aromatic heterocycles. The number of benzene rings is 2. The fourth-order valence-corrected chi connectivity index (χ4v) is 2.89. The van der Waals surface area contributed by atoms with Gasteiger partial charge >= 0.3 is 0 Å². The lowest BCUT2D eigenvalue weighted by molar-refractivity contribution is 0.0945. The molecule has 0 radical (unpaired) electrons. The van der Waals surface area contributed by atoms with E-state index in [4.69, 9.17) is 4.74 Å². The van der Waals surface area contributed by atoms with Crippen LogP contribution in [0.4, 0.5) is 4.39 Å². The summed E-state index contributed by atoms with van der Waals surface area (Å²) in [6, 6.07) is 11.7. The molecular weight excluding hydrogens is 401 g/mol. The predicted octanol–water partition coefficient (Wildman–Crippen LogP) is 4.02. The van der Waals surface area contributed by atoms with Gasteiger partial charge in [0.25, 0.3) is 5.91 Å². The zero-order valence-electron chi connectivity index (χ0n) is 14.3. The highest BCUT2D eigenvalue weighted by atomic mass is 79.9. The van der Waals surface area contributed by atoms with Gasteiger partial charge in [0.2, 0.25) is 0 Å². The molecule has 0 saturated carbocycles. The van der Waals surface area contributed by atoms with E-state index in [1.807, 2.05) is 25.1 Å². The average Bonchev–Trinajstić information content (AvgIpc) is 3.12. The smallest absolute Gasteiger partial charge is 0.272 e. The molecule has 0 unspecified atom stereocenters. The van der Waals surface area contributed by atoms with Crippen molar-refractivity contribution >= 4 is 21.8 Å². The number of rotatable bonds is 5. The van der Waals surface area contributed by atoms with E-state index in [1.165, 1.54) is 12.1 Å². The van der Waals surface area contributed by atoms with Crippen molar-refractivity contribution in [2.45, 2.75) is 13.5 Å². The highest BCUT2D eigenvalue weighted by Crippen LogP contribution is 2.23. The summed E-state index contributed by atoms with van der Waals surface area (Å²) in [6.07, 6.45) is 1.70. The molecule has 3 rings (SSSR count). The number of nitrogens with one attached hydrogen (secondary N) is 1. The Hall–Kier alpha value is -2.67. The number of aromatic nitrogens is 2. The summed E-state index contributed by atoms with van der Waals surface area (Å²) in [6.45, 7) is 2.16. The van der Waals surface area contributed by atoms with Gasteiger partial charge in [-0.2, -0.15) is 5.10 Å². The number of ether oxygens (including phenoxy) is 1. The van der Waals surface area contributed by atoms with Crippen molar-refractivity contribution in [1.82, 2.24) is 15.1 Å². The maximum atomic E-state index is 13.3. The molecule has 0 aliphatic heterocycles. The number of methoxy groups -OCH3 is 1. The topological polar surface area (TPSA) is 56.1 Å². The van der Waals surface area contributed by atoms with Crippen LogP contribution in [0, 0.1) is 12.7 Å². The maximum absolute atomic E-state index is 13.3. The molecule has 0 saturated heterocycles. The van der Waals surface area contributed by atoms with E-state index < -0.39 is 0 Å². The van der Waals surface area contributed by atoms with E-state index in [-0.39, 0.29) is 24.0 Å². The van der Waals surface area contributed by atoms with E-state index >= 15 is 0 Å². The molecule has 0 bridgehead atoms. The summed E-state index contributed by atoms with van der Waals surface area (Å²) in [4.78, 5) is 12.4. The summed E-state index contributed by atoms with van der Waals surface area (Å²) in [7, 11) is 1.59. The Balaban J connectivity index is 1.76. The quantitative estimate of drug-likeness (QED) is 0.681. The van der Waals surface area contributed by atoms with Crippen molar-refractivity contribution in [3.63, 3.8) is 0 Å². The molecule has 0 spiro atoms. The SMILES string of the molecule is COc1ccc(C)cc1-n1ccc(C(=O)NCc2cc(F)ccc2Br)n1. The van der Waals surface area contributed by atoms with Crippen LogP contribution in [-0.4, -0.2) is 22.8 Å². The van der Waals surface area contributed by atoms with Crippen LogP contribution >= 0.6 is 15.9 Å². The molecule has 1 N–H and O–H groups in total. The third kappa shape index (κ3) is 3.94. The van der Waals surface area contributed by atoms with Gasteiger partial charge < -0.3 is 10.1 Å². The summed E-state index contributed by atoms with van der Waals surface area (Å²) < 4.78 is 21.0. The van der Waals surface area contributed by atoms with Crippen LogP contribution in [0.25, 0.3) is 5.69 Å². The van der Waals surface area contributed by atoms with Crippen molar-refractivity contribution in [3.8, 4) is 11.4 Å². The van der Waals surface area contributed by atoms with Crippen LogP contribution in [0.3, 0.4) is 0 Å². The van der Waals surface area contributed by atoms with E-state index in [2.05, 4.69) is 26.3 Å². The van der Waals surface area contributed by atoms with Crippen LogP contribution in [0.15, 0.2) is 53.1 Å². The van der Waals surface area contributed by atoms with Crippen molar-refractivity contribution < 1.29 is 13.9 Å². The van der Waals surface area contributed by atoms with Gasteiger partial charge in [0.05, 0.1) is 7.11 Å². The number of hydrogen-bond acceptors (Lipinski definition) is 3. The number of amides is 1. The largest absolute Gasteiger partial charge is 0.494 e. The molecule has 0 fully saturated rings. The lowest BCUT2D eigenvalue weighted by Crippen LogP contribution is -2.23. The Morgan fingerprint density at radius 1 is 1.27 bits per heavy atom. The van der Waals surface area contributed by atoms with E-state index in [1.54, 1.807) is 30.1 Å². The van der Waals surface area contributed by atoms with E-state index in [0.29, 0.717) is 11.3 Å². The van der Waals surface area contributed by atoms with Gasteiger partial charge in [-0.05, 0) is 54.4 Å². The Morgan fingerprint density at radius 2 is 2.08 bits per heavy atom. The number of carbonyl (C=O) groups is 1. The Labute approximate surface area is 158 Å². The van der Waals surface area contributed by atoms with E-state index in [0.717, 1.165) is 15.7 Å². The Bertz CT molecular complexity index is 956. The van der Waals surface area contributed by atoms with Crippen LogP contribution in [0.5, 0.6) is 5.75 Å². The monoisotopic (exact) mass is 417 g/mol. The highest BCUT2D eigenvalue weighted by molar-refractivity contribution is 9.10. The van der Waals surface area contributed by atoms with Gasteiger partial charge in [-0.1, -0.05) is 22.0 Å². The van der Waals surface area contributed by atoms with Gasteiger partial charge in [-0.15, -0.1) is 0 Å². The third-order valence-electron chi connectivity index (χ3n) is 3.85. The second kappa shape index (κ2) is 7.70. The van der Waals surface area contributed by atoms with Crippen LogP contribution in [-0.2, 0) is 6.54 Å². The minimum atomic E-state index is -0.353. The first-order chi connectivity index (χ1) is 12.5. The molecule has 134 valence electrons. The highest BCUT2D eigenvalue weighted by Gasteiger charge is 2.13. The number of halogens is 2. The zero-order chi connectivity index (χ0) is 18.7. The van der Waals surface area contributed by atoms with Gasteiger partial charge in [0.1, 0.15) is 17.3 Å². The molecule has 1 amide bonds. The van der Waals surface area contributed by atoms with Gasteiger partial charge in [-0.25, -0.2) is 9.07 Å². The van der Waals surface area contributed by atoms with Crippen LogP contribution < -0.4 is 10.1 Å². The van der Waals surface area contributed by atoms with Gasteiger partial charge in [0.15, 0.2) is 5.69 Å². The molecule has 1 heterocycles. The molecule has 7 heteroatoms. The number of nitrogens with zero attached hydrogens (tertiary/aromatic N) is 2. The predicted molar refractivity (Wildman–Crippen MR) is 100 cm³/mol. The minimum absolute atomic E-state index is 0.192. The normalized spacial score (nSPS) is 10.6. The molecule has 0 aliphatic rings. The Morgan fingerprint density at radius 3 is 2.85 bits per heavy atom. The van der Waals surface area contributed by atoms with Crippen LogP contribution in [0.2, 0.25) is 0 Å². The lowest BCUT2D eigenvalue weighted by Gasteiger charge is -2.09.